The number of rotatable bonds is 0. The molecular formula is H6S3Si3. The number of hydrogen-bond donors (Lipinski definition) is 0. The van der Waals surface area contributed by atoms with Crippen LogP contribution in [0.15, 0.2) is 0 Å². The van der Waals surface area contributed by atoms with Gasteiger partial charge in [-0.1, -0.05) is 0 Å². The lowest BCUT2D eigenvalue weighted by molar-refractivity contribution is 4.47. The van der Waals surface area contributed by atoms with Crippen molar-refractivity contribution in [1.82, 2.24) is 0 Å². The first-order valence-electron chi connectivity index (χ1n) is 1.73. The molecule has 0 atom stereocenters. The van der Waals surface area contributed by atoms with Gasteiger partial charge in [0.1, 0.15) is 23.5 Å². The van der Waals surface area contributed by atoms with Gasteiger partial charge in [-0.3, -0.25) is 0 Å². The average Bonchev–Trinajstić information content (AvgIpc) is 1.72. The minimum Gasteiger partial charge on any atom is -0.197 e. The lowest BCUT2D eigenvalue weighted by atomic mass is 27.3. The van der Waals surface area contributed by atoms with Crippen molar-refractivity contribution in [3.8, 4) is 0 Å². The molecule has 0 N–H and O–H groups in total. The summed E-state index contributed by atoms with van der Waals surface area (Å²) in [7, 11) is 8.33. The summed E-state index contributed by atoms with van der Waals surface area (Å²) >= 11 is 0. The summed E-state index contributed by atoms with van der Waals surface area (Å²) in [5.74, 6) is 0. The smallest absolute Gasteiger partial charge is 0.133 e. The van der Waals surface area contributed by atoms with Crippen molar-refractivity contribution in [1.29, 1.82) is 0 Å². The Hall–Kier alpha value is 1.70. The van der Waals surface area contributed by atoms with Crippen molar-refractivity contribution in [3.05, 3.63) is 0 Å². The lowest BCUT2D eigenvalue weighted by Crippen LogP contribution is -1.93. The van der Waals surface area contributed by atoms with Gasteiger partial charge in [0, 0.05) is 0 Å². The van der Waals surface area contributed by atoms with E-state index in [4.69, 9.17) is 0 Å². The largest absolute Gasteiger partial charge is 0.197 e. The van der Waals surface area contributed by atoms with Crippen molar-refractivity contribution in [2.45, 2.75) is 0 Å². The molecule has 0 aromatic carbocycles. The van der Waals surface area contributed by atoms with Crippen LogP contribution in [-0.2, 0) is 0 Å². The molecule has 36 valence electrons. The molecule has 1 aliphatic heterocycles. The van der Waals surface area contributed by atoms with E-state index in [1.165, 1.54) is 0 Å². The molecule has 0 amide bonds. The second kappa shape index (κ2) is 3.67. The zero-order valence-electron chi connectivity index (χ0n) is 3.35. The fourth-order valence-corrected chi connectivity index (χ4v) is 67.8. The molecule has 6 heteroatoms. The Bertz CT molecular complexity index is 21.5. The van der Waals surface area contributed by atoms with E-state index in [2.05, 4.69) is 32.0 Å². The van der Waals surface area contributed by atoms with Gasteiger partial charge in [0.05, 0.1) is 0 Å². The van der Waals surface area contributed by atoms with Gasteiger partial charge in [-0.15, -0.1) is 0 Å². The van der Waals surface area contributed by atoms with Crippen LogP contribution < -0.4 is 0 Å². The van der Waals surface area contributed by atoms with Gasteiger partial charge >= 0.3 is 0 Å². The summed E-state index contributed by atoms with van der Waals surface area (Å²) in [6, 6.07) is 0. The monoisotopic (exact) mass is 186 g/mol. The first kappa shape index (κ1) is 5.83. The molecule has 0 unspecified atom stereocenters. The third-order valence-electron chi connectivity index (χ3n) is 0.500. The Morgan fingerprint density at radius 1 is 0.667 bits per heavy atom. The topological polar surface area (TPSA) is 0 Å². The van der Waals surface area contributed by atoms with E-state index in [0.717, 1.165) is 0 Å². The molecule has 0 aromatic rings. The zero-order valence-corrected chi connectivity index (χ0v) is 10.0. The molecule has 0 bridgehead atoms. The molecule has 1 heterocycles. The predicted octanol–water partition coefficient (Wildman–Crippen LogP) is -0.804. The Morgan fingerprint density at radius 2 is 1.00 bits per heavy atom. The van der Waals surface area contributed by atoms with Gasteiger partial charge < -0.3 is 0 Å². The maximum atomic E-state index is 2.33. The van der Waals surface area contributed by atoms with Crippen LogP contribution in [0.3, 0.4) is 0 Å². The summed E-state index contributed by atoms with van der Waals surface area (Å²) in [6.45, 7) is 0. The molecule has 1 aliphatic rings. The highest BCUT2D eigenvalue weighted by Gasteiger charge is 1.98. The SMILES string of the molecule is [SiH2]1S[SiH2]S[SiH2]S1. The molecule has 0 aliphatic carbocycles. The Morgan fingerprint density at radius 3 is 1.17 bits per heavy atom. The third-order valence-corrected chi connectivity index (χ3v) is 40.5. The summed E-state index contributed by atoms with van der Waals surface area (Å²) in [5.41, 5.74) is 0. The molecule has 0 spiro atoms. The Labute approximate surface area is 55.3 Å². The van der Waals surface area contributed by atoms with Gasteiger partial charge in [-0.2, -0.15) is 32.0 Å². The first-order chi connectivity index (χ1) is 3.00. The van der Waals surface area contributed by atoms with E-state index in [1.54, 1.807) is 0 Å². The summed E-state index contributed by atoms with van der Waals surface area (Å²) in [5, 5.41) is 0. The fourth-order valence-electron chi connectivity index (χ4n) is 0.279. The van der Waals surface area contributed by atoms with Crippen LogP contribution in [0.2, 0.25) is 0 Å². The molecule has 1 fully saturated rings. The van der Waals surface area contributed by atoms with Crippen molar-refractivity contribution in [2.75, 3.05) is 0 Å². The van der Waals surface area contributed by atoms with Gasteiger partial charge in [-0.25, -0.2) is 0 Å². The van der Waals surface area contributed by atoms with E-state index in [-0.39, 0.29) is 0 Å². The van der Waals surface area contributed by atoms with Crippen LogP contribution in [0, 0.1) is 0 Å². The Balaban J connectivity index is 2.00. The standard InChI is InChI=1S/H6S3Si3/c1-4-2-6-3-5-1/h4-6H2. The van der Waals surface area contributed by atoms with E-state index in [9.17, 15) is 0 Å². The first-order valence-corrected chi connectivity index (χ1v) is 15.6. The van der Waals surface area contributed by atoms with E-state index < -0.39 is 0 Å². The fraction of sp³-hybridized carbons (Fsp3) is 0. The maximum Gasteiger partial charge on any atom is 0.133 e. The second-order valence-electron chi connectivity index (χ2n) is 0.966. The highest BCUT2D eigenvalue weighted by Crippen LogP contribution is 2.20. The molecule has 0 nitrogen and oxygen atoms in total. The van der Waals surface area contributed by atoms with E-state index >= 15 is 0 Å². The minimum atomic E-state index is 0.444. The zero-order chi connectivity index (χ0) is 4.24. The normalized spacial score (nSPS) is 36.0. The molecule has 1 rings (SSSR count). The molecular weight excluding hydrogens is 180 g/mol. The van der Waals surface area contributed by atoms with Crippen molar-refractivity contribution in [2.24, 2.45) is 0 Å². The van der Waals surface area contributed by atoms with Crippen LogP contribution in [0.5, 0.6) is 0 Å². The van der Waals surface area contributed by atoms with Crippen molar-refractivity contribution < 1.29 is 0 Å². The molecule has 6 heavy (non-hydrogen) atoms. The summed E-state index contributed by atoms with van der Waals surface area (Å²) in [6.07, 6.45) is 0. The van der Waals surface area contributed by atoms with Gasteiger partial charge in [-0.05, 0) is 0 Å². The second-order valence-corrected chi connectivity index (χ2v) is 26.1. The lowest BCUT2D eigenvalue weighted by Gasteiger charge is -2.04. The van der Waals surface area contributed by atoms with Gasteiger partial charge in [0.2, 0.25) is 0 Å². The van der Waals surface area contributed by atoms with E-state index in [0.29, 0.717) is 23.5 Å². The highest BCUT2D eigenvalue weighted by atomic mass is 32.9. The maximum absolute atomic E-state index is 2.33. The van der Waals surface area contributed by atoms with Gasteiger partial charge in [0.15, 0.2) is 0 Å². The van der Waals surface area contributed by atoms with E-state index in [1.807, 2.05) is 0 Å². The predicted molar refractivity (Wildman–Crippen MR) is 48.4 cm³/mol. The quantitative estimate of drug-likeness (QED) is 0.455. The van der Waals surface area contributed by atoms with Crippen LogP contribution in [0.4, 0.5) is 0 Å². The average molecular weight is 187 g/mol. The summed E-state index contributed by atoms with van der Waals surface area (Å²) < 4.78 is 0. The summed E-state index contributed by atoms with van der Waals surface area (Å²) in [4.78, 5) is 0. The van der Waals surface area contributed by atoms with Crippen LogP contribution in [0.1, 0.15) is 0 Å². The third kappa shape index (κ3) is 2.12. The van der Waals surface area contributed by atoms with Crippen LogP contribution >= 0.6 is 32.0 Å². The Kier molecular flexibility index (Phi) is 3.57. The number of hydrogen-bond acceptors (Lipinski definition) is 3. The molecule has 1 saturated heterocycles. The highest BCUT2D eigenvalue weighted by molar-refractivity contribution is 8.88. The van der Waals surface area contributed by atoms with Crippen molar-refractivity contribution >= 4 is 55.4 Å². The molecule has 0 aromatic heterocycles. The van der Waals surface area contributed by atoms with Crippen LogP contribution in [-0.4, -0.2) is 23.5 Å². The van der Waals surface area contributed by atoms with Crippen molar-refractivity contribution in [3.63, 3.8) is 0 Å². The molecule has 0 saturated carbocycles. The van der Waals surface area contributed by atoms with Gasteiger partial charge in [0.25, 0.3) is 0 Å². The minimum absolute atomic E-state index is 0.444. The molecule has 0 radical (unpaired) electrons. The van der Waals surface area contributed by atoms with Crippen LogP contribution in [0.25, 0.3) is 0 Å².